The SMILES string of the molecule is CCN1c2cc(C)c(/C=C3/SC(=Nc4ccccc4)N(Cc4cccnc4)C3=O)cc2C(C)=CC1(C)C. The van der Waals surface area contributed by atoms with Crippen LogP contribution in [0.3, 0.4) is 0 Å². The Kier molecular flexibility index (Phi) is 6.78. The van der Waals surface area contributed by atoms with E-state index in [-0.39, 0.29) is 11.4 Å². The second-order valence-corrected chi connectivity index (χ2v) is 11.1. The van der Waals surface area contributed by atoms with Crippen molar-refractivity contribution in [2.45, 2.75) is 46.7 Å². The Bertz CT molecular complexity index is 1420. The van der Waals surface area contributed by atoms with Crippen LogP contribution < -0.4 is 4.90 Å². The molecule has 0 unspecified atom stereocenters. The van der Waals surface area contributed by atoms with Crippen molar-refractivity contribution in [3.8, 4) is 0 Å². The fraction of sp³-hybridized carbons (Fsp3) is 0.258. The molecule has 2 aliphatic rings. The average Bonchev–Trinajstić information content (AvgIpc) is 3.15. The van der Waals surface area contributed by atoms with Gasteiger partial charge in [0.1, 0.15) is 0 Å². The van der Waals surface area contributed by atoms with Crippen molar-refractivity contribution in [3.05, 3.63) is 100 Å². The number of amidine groups is 1. The molecule has 2 aliphatic heterocycles. The zero-order valence-electron chi connectivity index (χ0n) is 22.0. The van der Waals surface area contributed by atoms with E-state index in [1.807, 2.05) is 48.5 Å². The number of hydrogen-bond acceptors (Lipinski definition) is 5. The van der Waals surface area contributed by atoms with E-state index < -0.39 is 0 Å². The summed E-state index contributed by atoms with van der Waals surface area (Å²) in [5.41, 5.74) is 7.69. The monoisotopic (exact) mass is 508 g/mol. The van der Waals surface area contributed by atoms with Gasteiger partial charge in [0.25, 0.3) is 5.91 Å². The van der Waals surface area contributed by atoms with Gasteiger partial charge in [0, 0.05) is 30.2 Å². The Balaban J connectivity index is 1.55. The largest absolute Gasteiger partial charge is 0.363 e. The van der Waals surface area contributed by atoms with E-state index in [2.05, 4.69) is 62.7 Å². The first kappa shape index (κ1) is 25.0. The Morgan fingerprint density at radius 1 is 1.08 bits per heavy atom. The van der Waals surface area contributed by atoms with Crippen LogP contribution in [0.4, 0.5) is 11.4 Å². The number of amides is 1. The number of aliphatic imine (C=N–C) groups is 1. The van der Waals surface area contributed by atoms with Gasteiger partial charge in [0.15, 0.2) is 5.17 Å². The van der Waals surface area contributed by atoms with Crippen LogP contribution in [-0.4, -0.2) is 33.0 Å². The molecule has 188 valence electrons. The molecule has 1 fully saturated rings. The number of fused-ring (bicyclic) bond motifs is 1. The summed E-state index contributed by atoms with van der Waals surface area (Å²) in [5.74, 6) is -0.0377. The molecule has 1 saturated heterocycles. The first-order chi connectivity index (χ1) is 17.8. The second kappa shape index (κ2) is 10.0. The van der Waals surface area contributed by atoms with Crippen LogP contribution in [0.2, 0.25) is 0 Å². The minimum absolute atomic E-state index is 0.0366. The highest BCUT2D eigenvalue weighted by atomic mass is 32.2. The Morgan fingerprint density at radius 3 is 2.57 bits per heavy atom. The summed E-state index contributed by atoms with van der Waals surface area (Å²) in [5, 5.41) is 0.678. The molecule has 3 heterocycles. The lowest BCUT2D eigenvalue weighted by atomic mass is 9.87. The van der Waals surface area contributed by atoms with Gasteiger partial charge in [-0.25, -0.2) is 4.99 Å². The molecule has 1 aromatic heterocycles. The molecule has 0 aliphatic carbocycles. The topological polar surface area (TPSA) is 48.8 Å². The zero-order chi connectivity index (χ0) is 26.2. The molecule has 0 bridgehead atoms. The number of allylic oxidation sites excluding steroid dienone is 1. The normalized spacial score (nSPS) is 18.9. The highest BCUT2D eigenvalue weighted by molar-refractivity contribution is 8.18. The Morgan fingerprint density at radius 2 is 1.86 bits per heavy atom. The van der Waals surface area contributed by atoms with Gasteiger partial charge in [-0.3, -0.25) is 14.7 Å². The predicted molar refractivity (Wildman–Crippen MR) is 156 cm³/mol. The molecule has 6 heteroatoms. The zero-order valence-corrected chi connectivity index (χ0v) is 22.8. The van der Waals surface area contributed by atoms with Crippen molar-refractivity contribution in [3.63, 3.8) is 0 Å². The van der Waals surface area contributed by atoms with Crippen molar-refractivity contribution in [2.24, 2.45) is 4.99 Å². The van der Waals surface area contributed by atoms with Crippen LogP contribution >= 0.6 is 11.8 Å². The predicted octanol–water partition coefficient (Wildman–Crippen LogP) is 7.22. The summed E-state index contributed by atoms with van der Waals surface area (Å²) in [4.78, 5) is 27.6. The number of thioether (sulfide) groups is 1. The number of anilines is 1. The molecule has 5 rings (SSSR count). The lowest BCUT2D eigenvalue weighted by Gasteiger charge is -2.43. The molecule has 1 amide bonds. The van der Waals surface area contributed by atoms with E-state index in [9.17, 15) is 4.79 Å². The fourth-order valence-electron chi connectivity index (χ4n) is 5.14. The second-order valence-electron chi connectivity index (χ2n) is 10.0. The van der Waals surface area contributed by atoms with E-state index in [1.54, 1.807) is 17.3 Å². The molecule has 0 radical (unpaired) electrons. The number of benzene rings is 2. The maximum atomic E-state index is 13.7. The molecule has 37 heavy (non-hydrogen) atoms. The summed E-state index contributed by atoms with van der Waals surface area (Å²) < 4.78 is 0. The van der Waals surface area contributed by atoms with Crippen LogP contribution in [0.25, 0.3) is 11.6 Å². The van der Waals surface area contributed by atoms with Crippen molar-refractivity contribution in [2.75, 3.05) is 11.4 Å². The molecule has 0 N–H and O–H groups in total. The van der Waals surface area contributed by atoms with Gasteiger partial charge in [-0.2, -0.15) is 0 Å². The Labute approximate surface area is 223 Å². The van der Waals surface area contributed by atoms with Gasteiger partial charge < -0.3 is 4.90 Å². The summed E-state index contributed by atoms with van der Waals surface area (Å²) in [6, 6.07) is 18.1. The van der Waals surface area contributed by atoms with Crippen molar-refractivity contribution < 1.29 is 4.79 Å². The highest BCUT2D eigenvalue weighted by Gasteiger charge is 2.34. The maximum Gasteiger partial charge on any atom is 0.267 e. The van der Waals surface area contributed by atoms with Crippen LogP contribution in [0.1, 0.15) is 49.9 Å². The van der Waals surface area contributed by atoms with Crippen molar-refractivity contribution in [1.29, 1.82) is 0 Å². The smallest absolute Gasteiger partial charge is 0.267 e. The van der Waals surface area contributed by atoms with Gasteiger partial charge in [0.2, 0.25) is 0 Å². The van der Waals surface area contributed by atoms with E-state index in [0.29, 0.717) is 16.6 Å². The summed E-state index contributed by atoms with van der Waals surface area (Å²) in [6.07, 6.45) is 7.89. The molecule has 3 aromatic rings. The third-order valence-corrected chi connectivity index (χ3v) is 7.91. The van der Waals surface area contributed by atoms with E-state index >= 15 is 0 Å². The van der Waals surface area contributed by atoms with Crippen molar-refractivity contribution >= 4 is 45.9 Å². The highest BCUT2D eigenvalue weighted by Crippen LogP contribution is 2.41. The number of aromatic nitrogens is 1. The van der Waals surface area contributed by atoms with Gasteiger partial charge in [0.05, 0.1) is 22.7 Å². The summed E-state index contributed by atoms with van der Waals surface area (Å²) in [7, 11) is 0. The lowest BCUT2D eigenvalue weighted by molar-refractivity contribution is -0.122. The fourth-order valence-corrected chi connectivity index (χ4v) is 6.13. The summed E-state index contributed by atoms with van der Waals surface area (Å²) in [6.45, 7) is 12.4. The first-order valence-electron chi connectivity index (χ1n) is 12.6. The molecular weight excluding hydrogens is 476 g/mol. The third-order valence-electron chi connectivity index (χ3n) is 6.90. The number of para-hydroxylation sites is 1. The van der Waals surface area contributed by atoms with Crippen molar-refractivity contribution in [1.82, 2.24) is 9.88 Å². The van der Waals surface area contributed by atoms with E-state index in [0.717, 1.165) is 28.9 Å². The number of carbonyl (C=O) groups excluding carboxylic acids is 1. The number of rotatable bonds is 5. The standard InChI is InChI=1S/C31H32N4OS/c1-6-35-27-15-21(2)24(16-26(27)22(3)18-31(35,4)5)17-28-29(36)34(20-23-11-10-14-32-19-23)30(37-28)33-25-12-8-7-9-13-25/h7-19H,6,20H2,1-5H3/b28-17+,33-30?. The molecule has 0 spiro atoms. The third kappa shape index (κ3) is 4.98. The van der Waals surface area contributed by atoms with Crippen LogP contribution in [0.15, 0.2) is 83.0 Å². The molecule has 5 nitrogen and oxygen atoms in total. The van der Waals surface area contributed by atoms with Gasteiger partial charge in [-0.05, 0) is 105 Å². The number of nitrogens with zero attached hydrogens (tertiary/aromatic N) is 4. The van der Waals surface area contributed by atoms with Gasteiger partial charge >= 0.3 is 0 Å². The molecule has 0 saturated carbocycles. The average molecular weight is 509 g/mol. The number of hydrogen-bond donors (Lipinski definition) is 0. The molecular formula is C31H32N4OS. The minimum Gasteiger partial charge on any atom is -0.363 e. The van der Waals surface area contributed by atoms with Gasteiger partial charge in [-0.1, -0.05) is 30.3 Å². The van der Waals surface area contributed by atoms with E-state index in [1.165, 1.54) is 28.6 Å². The van der Waals surface area contributed by atoms with Gasteiger partial charge in [-0.15, -0.1) is 0 Å². The van der Waals surface area contributed by atoms with E-state index in [4.69, 9.17) is 4.99 Å². The lowest BCUT2D eigenvalue weighted by Crippen LogP contribution is -2.44. The van der Waals surface area contributed by atoms with Crippen LogP contribution in [0.5, 0.6) is 0 Å². The van der Waals surface area contributed by atoms with Crippen LogP contribution in [0, 0.1) is 6.92 Å². The summed E-state index contributed by atoms with van der Waals surface area (Å²) >= 11 is 1.43. The quantitative estimate of drug-likeness (QED) is 0.342. The molecule has 2 aromatic carbocycles. The number of aryl methyl sites for hydroxylation is 1. The number of pyridine rings is 1. The maximum absolute atomic E-state index is 13.7. The number of likely N-dealkylation sites (N-methyl/N-ethyl adjacent to an activating group) is 1. The van der Waals surface area contributed by atoms with Crippen LogP contribution in [-0.2, 0) is 11.3 Å². The first-order valence-corrected chi connectivity index (χ1v) is 13.4. The molecule has 0 atom stereocenters. The Hall–Kier alpha value is -3.64. The number of carbonyl (C=O) groups is 1. The minimum atomic E-state index is -0.0377.